The second-order valence-electron chi connectivity index (χ2n) is 4.66. The highest BCUT2D eigenvalue weighted by Crippen LogP contribution is 2.38. The Labute approximate surface area is 121 Å². The van der Waals surface area contributed by atoms with E-state index in [1.807, 2.05) is 0 Å². The quantitative estimate of drug-likeness (QED) is 0.843. The van der Waals surface area contributed by atoms with Crippen molar-refractivity contribution in [1.29, 1.82) is 0 Å². The number of anilines is 1. The molecule has 3 nitrogen and oxygen atoms in total. The minimum absolute atomic E-state index is 0.191. The molecule has 1 aliphatic heterocycles. The van der Waals surface area contributed by atoms with Gasteiger partial charge >= 0.3 is 6.18 Å². The lowest BCUT2D eigenvalue weighted by molar-refractivity contribution is -0.137. The predicted molar refractivity (Wildman–Crippen MR) is 75.3 cm³/mol. The Morgan fingerprint density at radius 2 is 1.95 bits per heavy atom. The summed E-state index contributed by atoms with van der Waals surface area (Å²) in [6, 6.07) is 3.76. The number of hydrogen-bond donors (Lipinski definition) is 2. The number of hydrogen-bond acceptors (Lipinski definition) is 4. The van der Waals surface area contributed by atoms with Crippen molar-refractivity contribution in [3.8, 4) is 0 Å². The molecule has 1 heterocycles. The maximum Gasteiger partial charge on any atom is 0.418 e. The van der Waals surface area contributed by atoms with Crippen molar-refractivity contribution in [2.24, 2.45) is 5.73 Å². The summed E-state index contributed by atoms with van der Waals surface area (Å²) in [5.74, 6) is 0.300. The average Bonchev–Trinajstić information content (AvgIpc) is 2.46. The van der Waals surface area contributed by atoms with Crippen LogP contribution in [0.1, 0.15) is 17.2 Å². The van der Waals surface area contributed by atoms with Gasteiger partial charge in [0.25, 0.3) is 0 Å². The SMILES string of the molecule is NC(CS)c1ccc(N2CCOCC2)c(C(F)(F)F)c1. The molecule has 1 aliphatic rings. The van der Waals surface area contributed by atoms with Crippen molar-refractivity contribution in [1.82, 2.24) is 0 Å². The summed E-state index contributed by atoms with van der Waals surface area (Å²) in [5.41, 5.74) is 5.75. The number of thiol groups is 1. The highest BCUT2D eigenvalue weighted by molar-refractivity contribution is 7.80. The smallest absolute Gasteiger partial charge is 0.378 e. The Balaban J connectivity index is 2.40. The molecule has 0 aliphatic carbocycles. The lowest BCUT2D eigenvalue weighted by Crippen LogP contribution is -2.37. The fraction of sp³-hybridized carbons (Fsp3) is 0.538. The van der Waals surface area contributed by atoms with Crippen LogP contribution in [0.4, 0.5) is 18.9 Å². The Morgan fingerprint density at radius 3 is 2.50 bits per heavy atom. The van der Waals surface area contributed by atoms with Crippen LogP contribution < -0.4 is 10.6 Å². The van der Waals surface area contributed by atoms with Crippen LogP contribution in [-0.4, -0.2) is 32.1 Å². The Hall–Kier alpha value is -0.920. The number of benzene rings is 1. The van der Waals surface area contributed by atoms with Crippen LogP contribution in [0, 0.1) is 0 Å². The first-order valence-electron chi connectivity index (χ1n) is 6.33. The first kappa shape index (κ1) is 15.5. The van der Waals surface area contributed by atoms with Crippen LogP contribution in [-0.2, 0) is 10.9 Å². The van der Waals surface area contributed by atoms with Gasteiger partial charge < -0.3 is 15.4 Å². The van der Waals surface area contributed by atoms with E-state index in [0.29, 0.717) is 37.6 Å². The third-order valence-corrected chi connectivity index (χ3v) is 3.70. The number of alkyl halides is 3. The maximum absolute atomic E-state index is 13.2. The van der Waals surface area contributed by atoms with Gasteiger partial charge in [-0.3, -0.25) is 0 Å². The summed E-state index contributed by atoms with van der Waals surface area (Å²) in [5, 5.41) is 0. The van der Waals surface area contributed by atoms with Gasteiger partial charge in [-0.2, -0.15) is 25.8 Å². The number of morpholine rings is 1. The maximum atomic E-state index is 13.2. The molecule has 1 atom stereocenters. The van der Waals surface area contributed by atoms with Crippen molar-refractivity contribution in [3.63, 3.8) is 0 Å². The molecule has 20 heavy (non-hydrogen) atoms. The van der Waals surface area contributed by atoms with Crippen molar-refractivity contribution in [3.05, 3.63) is 29.3 Å². The van der Waals surface area contributed by atoms with Gasteiger partial charge in [-0.1, -0.05) is 6.07 Å². The predicted octanol–water partition coefficient (Wildman–Crippen LogP) is 2.47. The largest absolute Gasteiger partial charge is 0.418 e. The zero-order valence-electron chi connectivity index (χ0n) is 10.9. The number of rotatable bonds is 3. The van der Waals surface area contributed by atoms with Gasteiger partial charge in [-0.05, 0) is 17.7 Å². The fourth-order valence-electron chi connectivity index (χ4n) is 2.20. The Bertz CT molecular complexity index is 461. The second-order valence-corrected chi connectivity index (χ2v) is 5.03. The van der Waals surface area contributed by atoms with Gasteiger partial charge in [0.15, 0.2) is 0 Å². The van der Waals surface area contributed by atoms with Crippen molar-refractivity contribution in [2.75, 3.05) is 37.0 Å². The third-order valence-electron chi connectivity index (χ3n) is 3.30. The molecule has 0 amide bonds. The molecule has 2 rings (SSSR count). The fourth-order valence-corrected chi connectivity index (χ4v) is 2.41. The van der Waals surface area contributed by atoms with Crippen LogP contribution in [0.5, 0.6) is 0 Å². The lowest BCUT2D eigenvalue weighted by Gasteiger charge is -2.31. The lowest BCUT2D eigenvalue weighted by atomic mass is 10.0. The van der Waals surface area contributed by atoms with Gasteiger partial charge in [0.2, 0.25) is 0 Å². The molecule has 1 aromatic carbocycles. The monoisotopic (exact) mass is 306 g/mol. The molecule has 1 aromatic rings. The molecule has 0 radical (unpaired) electrons. The summed E-state index contributed by atoms with van der Waals surface area (Å²) < 4.78 is 44.9. The first-order chi connectivity index (χ1) is 9.43. The zero-order valence-corrected chi connectivity index (χ0v) is 11.8. The van der Waals surface area contributed by atoms with E-state index in [4.69, 9.17) is 10.5 Å². The van der Waals surface area contributed by atoms with Crippen LogP contribution in [0.3, 0.4) is 0 Å². The third kappa shape index (κ3) is 3.39. The minimum atomic E-state index is -4.40. The first-order valence-corrected chi connectivity index (χ1v) is 6.97. The molecule has 0 aromatic heterocycles. The molecular formula is C13H17F3N2OS. The van der Waals surface area contributed by atoms with E-state index in [-0.39, 0.29) is 5.69 Å². The number of ether oxygens (including phenoxy) is 1. The zero-order chi connectivity index (χ0) is 14.8. The number of halogens is 3. The molecule has 1 unspecified atom stereocenters. The van der Waals surface area contributed by atoms with Gasteiger partial charge in [0.1, 0.15) is 0 Å². The van der Waals surface area contributed by atoms with E-state index in [1.165, 1.54) is 6.07 Å². The summed E-state index contributed by atoms with van der Waals surface area (Å²) in [6.45, 7) is 1.80. The molecule has 0 bridgehead atoms. The van der Waals surface area contributed by atoms with Gasteiger partial charge in [-0.15, -0.1) is 0 Å². The molecule has 0 saturated carbocycles. The normalized spacial score (nSPS) is 18.1. The molecule has 1 saturated heterocycles. The Kier molecular flexibility index (Phi) is 4.82. The van der Waals surface area contributed by atoms with Crippen molar-refractivity contribution < 1.29 is 17.9 Å². The summed E-state index contributed by atoms with van der Waals surface area (Å²) in [4.78, 5) is 1.70. The van der Waals surface area contributed by atoms with E-state index in [2.05, 4.69) is 12.6 Å². The standard InChI is InChI=1S/C13H17F3N2OS/c14-13(15,16)10-7-9(11(17)8-20)1-2-12(10)18-3-5-19-6-4-18/h1-2,7,11,20H,3-6,8,17H2. The van der Waals surface area contributed by atoms with E-state index in [9.17, 15) is 13.2 Å². The molecule has 2 N–H and O–H groups in total. The minimum Gasteiger partial charge on any atom is -0.378 e. The number of nitrogens with zero attached hydrogens (tertiary/aromatic N) is 1. The van der Waals surface area contributed by atoms with Crippen molar-refractivity contribution in [2.45, 2.75) is 12.2 Å². The van der Waals surface area contributed by atoms with E-state index < -0.39 is 17.8 Å². The van der Waals surface area contributed by atoms with Crippen LogP contribution in [0.25, 0.3) is 0 Å². The van der Waals surface area contributed by atoms with Crippen LogP contribution >= 0.6 is 12.6 Å². The summed E-state index contributed by atoms with van der Waals surface area (Å²) in [7, 11) is 0. The van der Waals surface area contributed by atoms with Gasteiger partial charge in [0, 0.05) is 30.6 Å². The second kappa shape index (κ2) is 6.24. The van der Waals surface area contributed by atoms with E-state index in [0.717, 1.165) is 6.07 Å². The van der Waals surface area contributed by atoms with Crippen LogP contribution in [0.15, 0.2) is 18.2 Å². The molecule has 7 heteroatoms. The van der Waals surface area contributed by atoms with Gasteiger partial charge in [0.05, 0.1) is 18.8 Å². The molecule has 1 fully saturated rings. The van der Waals surface area contributed by atoms with E-state index in [1.54, 1.807) is 11.0 Å². The summed E-state index contributed by atoms with van der Waals surface area (Å²) in [6.07, 6.45) is -4.40. The molecular weight excluding hydrogens is 289 g/mol. The van der Waals surface area contributed by atoms with Crippen molar-refractivity contribution >= 4 is 18.3 Å². The highest BCUT2D eigenvalue weighted by Gasteiger charge is 2.35. The number of nitrogens with two attached hydrogens (primary N) is 1. The Morgan fingerprint density at radius 1 is 1.30 bits per heavy atom. The molecule has 112 valence electrons. The summed E-state index contributed by atoms with van der Waals surface area (Å²) >= 11 is 4.03. The highest BCUT2D eigenvalue weighted by atomic mass is 32.1. The van der Waals surface area contributed by atoms with Crippen LogP contribution in [0.2, 0.25) is 0 Å². The molecule has 0 spiro atoms. The van der Waals surface area contributed by atoms with E-state index >= 15 is 0 Å². The average molecular weight is 306 g/mol. The topological polar surface area (TPSA) is 38.5 Å². The van der Waals surface area contributed by atoms with Gasteiger partial charge in [-0.25, -0.2) is 0 Å².